The molecule has 1 atom stereocenters. The van der Waals surface area contributed by atoms with Crippen LogP contribution in [0, 0.1) is 0 Å². The predicted molar refractivity (Wildman–Crippen MR) is 86.0 cm³/mol. The Balaban J connectivity index is 2.20. The van der Waals surface area contributed by atoms with Crippen LogP contribution in [0.25, 0.3) is 0 Å². The summed E-state index contributed by atoms with van der Waals surface area (Å²) < 4.78 is 38.9. The van der Waals surface area contributed by atoms with Gasteiger partial charge in [0.15, 0.2) is 5.69 Å². The highest BCUT2D eigenvalue weighted by Crippen LogP contribution is 2.29. The van der Waals surface area contributed by atoms with Gasteiger partial charge in [0.2, 0.25) is 5.95 Å². The summed E-state index contributed by atoms with van der Waals surface area (Å²) in [6, 6.07) is 7.26. The molecule has 0 saturated heterocycles. The maximum atomic E-state index is 13.0. The number of hydrogen-bond acceptors (Lipinski definition) is 5. The van der Waals surface area contributed by atoms with Gasteiger partial charge in [0, 0.05) is 23.7 Å². The SMILES string of the molecule is C[C@H](CO)Nc1nc(NCc2ccc(Cl)cc2)cc(C(F)(F)F)n1. The van der Waals surface area contributed by atoms with Crippen molar-refractivity contribution in [2.45, 2.75) is 25.7 Å². The van der Waals surface area contributed by atoms with Gasteiger partial charge in [-0.1, -0.05) is 23.7 Å². The molecule has 24 heavy (non-hydrogen) atoms. The number of nitrogens with zero attached hydrogens (tertiary/aromatic N) is 2. The van der Waals surface area contributed by atoms with Crippen LogP contribution < -0.4 is 10.6 Å². The van der Waals surface area contributed by atoms with E-state index in [1.807, 2.05) is 0 Å². The van der Waals surface area contributed by atoms with Crippen molar-refractivity contribution < 1.29 is 18.3 Å². The molecule has 0 radical (unpaired) electrons. The number of rotatable bonds is 6. The zero-order valence-corrected chi connectivity index (χ0v) is 13.5. The Labute approximate surface area is 141 Å². The first kappa shape index (κ1) is 18.3. The number of aliphatic hydroxyl groups excluding tert-OH is 1. The van der Waals surface area contributed by atoms with Crippen molar-refractivity contribution in [1.29, 1.82) is 0 Å². The predicted octanol–water partition coefficient (Wildman–Crippen LogP) is 3.55. The Bertz CT molecular complexity index is 679. The molecule has 0 saturated carbocycles. The van der Waals surface area contributed by atoms with Crippen molar-refractivity contribution in [3.63, 3.8) is 0 Å². The first-order valence-electron chi connectivity index (χ1n) is 7.10. The average Bonchev–Trinajstić information content (AvgIpc) is 2.53. The van der Waals surface area contributed by atoms with Gasteiger partial charge in [0.25, 0.3) is 0 Å². The molecule has 1 heterocycles. The van der Waals surface area contributed by atoms with Gasteiger partial charge in [-0.3, -0.25) is 0 Å². The highest BCUT2D eigenvalue weighted by molar-refractivity contribution is 6.30. The summed E-state index contributed by atoms with van der Waals surface area (Å²) in [6.07, 6.45) is -4.60. The maximum Gasteiger partial charge on any atom is 0.433 e. The van der Waals surface area contributed by atoms with E-state index >= 15 is 0 Å². The van der Waals surface area contributed by atoms with Gasteiger partial charge in [-0.05, 0) is 24.6 Å². The molecule has 0 bridgehead atoms. The molecule has 0 aliphatic rings. The second kappa shape index (κ2) is 7.67. The van der Waals surface area contributed by atoms with Crippen molar-refractivity contribution in [3.8, 4) is 0 Å². The lowest BCUT2D eigenvalue weighted by Crippen LogP contribution is -2.22. The van der Waals surface area contributed by atoms with E-state index in [4.69, 9.17) is 16.7 Å². The number of anilines is 2. The van der Waals surface area contributed by atoms with Gasteiger partial charge in [-0.2, -0.15) is 18.2 Å². The molecule has 0 unspecified atom stereocenters. The van der Waals surface area contributed by atoms with Crippen molar-refractivity contribution in [2.24, 2.45) is 0 Å². The molecule has 0 fully saturated rings. The van der Waals surface area contributed by atoms with E-state index in [0.29, 0.717) is 5.02 Å². The normalized spacial score (nSPS) is 12.8. The Kier molecular flexibility index (Phi) is 5.84. The number of alkyl halides is 3. The maximum absolute atomic E-state index is 13.0. The van der Waals surface area contributed by atoms with Gasteiger partial charge in [-0.25, -0.2) is 4.98 Å². The fraction of sp³-hybridized carbons (Fsp3) is 0.333. The van der Waals surface area contributed by atoms with Crippen LogP contribution in [0.3, 0.4) is 0 Å². The summed E-state index contributed by atoms with van der Waals surface area (Å²) in [4.78, 5) is 7.44. The first-order chi connectivity index (χ1) is 11.3. The largest absolute Gasteiger partial charge is 0.433 e. The molecule has 0 amide bonds. The Morgan fingerprint density at radius 2 is 1.88 bits per heavy atom. The van der Waals surface area contributed by atoms with Gasteiger partial charge in [0.1, 0.15) is 5.82 Å². The molecule has 1 aromatic carbocycles. The number of aromatic nitrogens is 2. The fourth-order valence-electron chi connectivity index (χ4n) is 1.81. The van der Waals surface area contributed by atoms with Crippen LogP contribution in [-0.4, -0.2) is 27.7 Å². The molecule has 5 nitrogen and oxygen atoms in total. The minimum absolute atomic E-state index is 0.0277. The van der Waals surface area contributed by atoms with E-state index < -0.39 is 17.9 Å². The average molecular weight is 361 g/mol. The van der Waals surface area contributed by atoms with Crippen molar-refractivity contribution in [2.75, 3.05) is 17.2 Å². The van der Waals surface area contributed by atoms with Gasteiger partial charge < -0.3 is 15.7 Å². The van der Waals surface area contributed by atoms with E-state index in [9.17, 15) is 13.2 Å². The molecule has 2 aromatic rings. The van der Waals surface area contributed by atoms with Crippen LogP contribution in [0.15, 0.2) is 30.3 Å². The van der Waals surface area contributed by atoms with Gasteiger partial charge >= 0.3 is 6.18 Å². The topological polar surface area (TPSA) is 70.1 Å². The standard InChI is InChI=1S/C15H16ClF3N4O/c1-9(8-24)21-14-22-12(15(17,18)19)6-13(23-14)20-7-10-2-4-11(16)5-3-10/h2-6,9,24H,7-8H2,1H3,(H2,20,21,22,23)/t9-/m1/s1. The van der Waals surface area contributed by atoms with Gasteiger partial charge in [0.05, 0.1) is 6.61 Å². The smallest absolute Gasteiger partial charge is 0.394 e. The molecule has 0 spiro atoms. The van der Waals surface area contributed by atoms with Crippen LogP contribution in [0.1, 0.15) is 18.2 Å². The first-order valence-corrected chi connectivity index (χ1v) is 7.47. The van der Waals surface area contributed by atoms with Crippen LogP contribution >= 0.6 is 11.6 Å². The van der Waals surface area contributed by atoms with Crippen LogP contribution in [0.5, 0.6) is 0 Å². The lowest BCUT2D eigenvalue weighted by Gasteiger charge is -2.15. The molecule has 9 heteroatoms. The number of halogens is 4. The number of aliphatic hydroxyl groups is 1. The molecular weight excluding hydrogens is 345 g/mol. The highest BCUT2D eigenvalue weighted by atomic mass is 35.5. The molecule has 3 N–H and O–H groups in total. The summed E-state index contributed by atoms with van der Waals surface area (Å²) in [6.45, 7) is 1.62. The molecular formula is C15H16ClF3N4O. The summed E-state index contributed by atoms with van der Waals surface area (Å²) >= 11 is 5.79. The molecule has 1 aromatic heterocycles. The highest BCUT2D eigenvalue weighted by Gasteiger charge is 2.33. The zero-order chi connectivity index (χ0) is 17.7. The summed E-state index contributed by atoms with van der Waals surface area (Å²) in [5.41, 5.74) is -0.228. The molecule has 130 valence electrons. The minimum Gasteiger partial charge on any atom is -0.394 e. The Morgan fingerprint density at radius 1 is 1.21 bits per heavy atom. The third-order valence-electron chi connectivity index (χ3n) is 3.05. The lowest BCUT2D eigenvalue weighted by atomic mass is 10.2. The number of hydrogen-bond donors (Lipinski definition) is 3. The van der Waals surface area contributed by atoms with E-state index in [2.05, 4.69) is 20.6 Å². The Morgan fingerprint density at radius 3 is 2.46 bits per heavy atom. The fourth-order valence-corrected chi connectivity index (χ4v) is 1.93. The van der Waals surface area contributed by atoms with Crippen LogP contribution in [-0.2, 0) is 12.7 Å². The molecule has 0 aliphatic carbocycles. The number of nitrogens with one attached hydrogen (secondary N) is 2. The Hall–Kier alpha value is -2.06. The monoisotopic (exact) mass is 360 g/mol. The molecule has 2 rings (SSSR count). The van der Waals surface area contributed by atoms with E-state index in [1.165, 1.54) is 0 Å². The van der Waals surface area contributed by atoms with E-state index in [-0.39, 0.29) is 24.9 Å². The second-order valence-corrected chi connectivity index (χ2v) is 5.60. The summed E-state index contributed by atoms with van der Waals surface area (Å²) in [5.74, 6) is -0.176. The van der Waals surface area contributed by atoms with E-state index in [0.717, 1.165) is 11.6 Å². The number of benzene rings is 1. The zero-order valence-electron chi connectivity index (χ0n) is 12.7. The minimum atomic E-state index is -4.60. The van der Waals surface area contributed by atoms with Crippen molar-refractivity contribution >= 4 is 23.4 Å². The second-order valence-electron chi connectivity index (χ2n) is 5.17. The van der Waals surface area contributed by atoms with Crippen molar-refractivity contribution in [1.82, 2.24) is 9.97 Å². The van der Waals surface area contributed by atoms with E-state index in [1.54, 1.807) is 31.2 Å². The van der Waals surface area contributed by atoms with Crippen LogP contribution in [0.4, 0.5) is 24.9 Å². The quantitative estimate of drug-likeness (QED) is 0.735. The van der Waals surface area contributed by atoms with Crippen molar-refractivity contribution in [3.05, 3.63) is 46.6 Å². The third kappa shape index (κ3) is 5.24. The third-order valence-corrected chi connectivity index (χ3v) is 3.30. The van der Waals surface area contributed by atoms with Gasteiger partial charge in [-0.15, -0.1) is 0 Å². The van der Waals surface area contributed by atoms with Crippen LogP contribution in [0.2, 0.25) is 5.02 Å². The molecule has 0 aliphatic heterocycles. The summed E-state index contributed by atoms with van der Waals surface area (Å²) in [5, 5.41) is 15.0. The lowest BCUT2D eigenvalue weighted by molar-refractivity contribution is -0.141. The summed E-state index contributed by atoms with van der Waals surface area (Å²) in [7, 11) is 0.